The predicted octanol–water partition coefficient (Wildman–Crippen LogP) is 3.97. The van der Waals surface area contributed by atoms with E-state index in [-0.39, 0.29) is 11.2 Å². The van der Waals surface area contributed by atoms with Gasteiger partial charge < -0.3 is 10.6 Å². The lowest BCUT2D eigenvalue weighted by Gasteiger charge is -2.32. The molecule has 5 heteroatoms. The molecule has 2 nitrogen and oxygen atoms in total. The SMILES string of the molecule is Fc1cccc(F)c1NC(=S)NC1(C2CC2)CCCC1. The van der Waals surface area contributed by atoms with Gasteiger partial charge in [-0.05, 0) is 56.0 Å². The van der Waals surface area contributed by atoms with E-state index in [2.05, 4.69) is 10.6 Å². The lowest BCUT2D eigenvalue weighted by molar-refractivity contribution is 0.340. The second-order valence-corrected chi connectivity index (χ2v) is 6.22. The van der Waals surface area contributed by atoms with Crippen LogP contribution in [0.2, 0.25) is 0 Å². The Balaban J connectivity index is 1.70. The van der Waals surface area contributed by atoms with Crippen molar-refractivity contribution >= 4 is 23.0 Å². The Hall–Kier alpha value is -1.23. The first-order chi connectivity index (χ1) is 9.61. The molecule has 1 aromatic rings. The average molecular weight is 296 g/mol. The molecule has 0 amide bonds. The summed E-state index contributed by atoms with van der Waals surface area (Å²) in [6.45, 7) is 0. The van der Waals surface area contributed by atoms with Crippen LogP contribution in [0.25, 0.3) is 0 Å². The predicted molar refractivity (Wildman–Crippen MR) is 79.6 cm³/mol. The van der Waals surface area contributed by atoms with E-state index in [4.69, 9.17) is 12.2 Å². The first-order valence-corrected chi connectivity index (χ1v) is 7.55. The summed E-state index contributed by atoms with van der Waals surface area (Å²) in [4.78, 5) is 0. The third kappa shape index (κ3) is 2.64. The minimum Gasteiger partial charge on any atom is -0.357 e. The van der Waals surface area contributed by atoms with Gasteiger partial charge in [-0.25, -0.2) is 8.78 Å². The summed E-state index contributed by atoms with van der Waals surface area (Å²) in [5, 5.41) is 6.35. The molecule has 0 radical (unpaired) electrons. The van der Waals surface area contributed by atoms with E-state index >= 15 is 0 Å². The van der Waals surface area contributed by atoms with Crippen molar-refractivity contribution < 1.29 is 8.78 Å². The zero-order valence-electron chi connectivity index (χ0n) is 11.2. The molecule has 0 aliphatic heterocycles. The molecule has 1 aromatic carbocycles. The number of hydrogen-bond donors (Lipinski definition) is 2. The normalized spacial score (nSPS) is 20.7. The molecule has 2 N–H and O–H groups in total. The molecule has 0 saturated heterocycles. The Kier molecular flexibility index (Phi) is 3.63. The number of hydrogen-bond acceptors (Lipinski definition) is 1. The van der Waals surface area contributed by atoms with E-state index < -0.39 is 11.6 Å². The minimum atomic E-state index is -0.624. The fourth-order valence-corrected chi connectivity index (χ4v) is 3.57. The molecule has 0 atom stereocenters. The molecule has 0 heterocycles. The Bertz CT molecular complexity index is 502. The number of anilines is 1. The Morgan fingerprint density at radius 1 is 1.15 bits per heavy atom. The van der Waals surface area contributed by atoms with Gasteiger partial charge in [0.05, 0.1) is 0 Å². The van der Waals surface area contributed by atoms with Gasteiger partial charge in [-0.1, -0.05) is 18.9 Å². The average Bonchev–Trinajstić information content (AvgIpc) is 3.17. The first-order valence-electron chi connectivity index (χ1n) is 7.14. The van der Waals surface area contributed by atoms with E-state index in [1.165, 1.54) is 43.9 Å². The van der Waals surface area contributed by atoms with E-state index in [0.29, 0.717) is 11.0 Å². The zero-order chi connectivity index (χ0) is 14.2. The number of benzene rings is 1. The van der Waals surface area contributed by atoms with Crippen LogP contribution in [-0.4, -0.2) is 10.7 Å². The van der Waals surface area contributed by atoms with Gasteiger partial charge >= 0.3 is 0 Å². The van der Waals surface area contributed by atoms with Crippen LogP contribution in [0.4, 0.5) is 14.5 Å². The summed E-state index contributed by atoms with van der Waals surface area (Å²) >= 11 is 5.26. The number of para-hydroxylation sites is 1. The van der Waals surface area contributed by atoms with Crippen LogP contribution in [0.3, 0.4) is 0 Å². The second kappa shape index (κ2) is 5.28. The second-order valence-electron chi connectivity index (χ2n) is 5.81. The van der Waals surface area contributed by atoms with E-state index in [0.717, 1.165) is 12.8 Å². The molecular weight excluding hydrogens is 278 g/mol. The molecule has 108 valence electrons. The van der Waals surface area contributed by atoms with Crippen molar-refractivity contribution in [3.63, 3.8) is 0 Å². The van der Waals surface area contributed by atoms with Gasteiger partial charge in [-0.15, -0.1) is 0 Å². The molecule has 2 aliphatic rings. The molecule has 2 saturated carbocycles. The molecule has 20 heavy (non-hydrogen) atoms. The number of thiocarbonyl (C=S) groups is 1. The Labute approximate surface area is 122 Å². The van der Waals surface area contributed by atoms with Gasteiger partial charge in [0.15, 0.2) is 5.11 Å². The summed E-state index contributed by atoms with van der Waals surface area (Å²) in [5.41, 5.74) is -0.125. The Morgan fingerprint density at radius 2 is 1.75 bits per heavy atom. The smallest absolute Gasteiger partial charge is 0.171 e. The number of rotatable bonds is 3. The summed E-state index contributed by atoms with van der Waals surface area (Å²) in [6.07, 6.45) is 7.03. The summed E-state index contributed by atoms with van der Waals surface area (Å²) < 4.78 is 27.2. The van der Waals surface area contributed by atoms with Crippen LogP contribution in [0, 0.1) is 17.6 Å². The molecule has 3 rings (SSSR count). The molecule has 2 fully saturated rings. The van der Waals surface area contributed by atoms with Crippen molar-refractivity contribution in [2.75, 3.05) is 5.32 Å². The molecule has 2 aliphatic carbocycles. The maximum absolute atomic E-state index is 13.6. The molecule has 0 bridgehead atoms. The van der Waals surface area contributed by atoms with Crippen molar-refractivity contribution in [3.05, 3.63) is 29.8 Å². The van der Waals surface area contributed by atoms with Crippen LogP contribution in [0.1, 0.15) is 38.5 Å². The summed E-state index contributed by atoms with van der Waals surface area (Å²) in [5.74, 6) is -0.586. The lowest BCUT2D eigenvalue weighted by atomic mass is 9.91. The van der Waals surface area contributed by atoms with E-state index in [1.807, 2.05) is 0 Å². The zero-order valence-corrected chi connectivity index (χ0v) is 12.0. The van der Waals surface area contributed by atoms with Gasteiger partial charge in [0.25, 0.3) is 0 Å². The highest BCUT2D eigenvalue weighted by Crippen LogP contribution is 2.48. The largest absolute Gasteiger partial charge is 0.357 e. The third-order valence-electron chi connectivity index (χ3n) is 4.42. The van der Waals surface area contributed by atoms with Crippen molar-refractivity contribution in [1.82, 2.24) is 5.32 Å². The topological polar surface area (TPSA) is 24.1 Å². The fourth-order valence-electron chi connectivity index (χ4n) is 3.27. The fraction of sp³-hybridized carbons (Fsp3) is 0.533. The van der Waals surface area contributed by atoms with Crippen LogP contribution in [0.15, 0.2) is 18.2 Å². The van der Waals surface area contributed by atoms with Crippen LogP contribution in [0.5, 0.6) is 0 Å². The lowest BCUT2D eigenvalue weighted by Crippen LogP contribution is -2.49. The number of nitrogens with one attached hydrogen (secondary N) is 2. The highest BCUT2D eigenvalue weighted by Gasteiger charge is 2.47. The quantitative estimate of drug-likeness (QED) is 0.825. The summed E-state index contributed by atoms with van der Waals surface area (Å²) in [7, 11) is 0. The van der Waals surface area contributed by atoms with Crippen LogP contribution in [-0.2, 0) is 0 Å². The van der Waals surface area contributed by atoms with Gasteiger partial charge in [-0.2, -0.15) is 0 Å². The molecule has 0 aromatic heterocycles. The van der Waals surface area contributed by atoms with E-state index in [1.54, 1.807) is 0 Å². The third-order valence-corrected chi connectivity index (χ3v) is 4.62. The molecule has 0 spiro atoms. The van der Waals surface area contributed by atoms with Gasteiger partial charge in [-0.3, -0.25) is 0 Å². The maximum atomic E-state index is 13.6. The minimum absolute atomic E-state index is 0.0474. The van der Waals surface area contributed by atoms with Gasteiger partial charge in [0.2, 0.25) is 0 Å². The first kappa shape index (κ1) is 13.7. The van der Waals surface area contributed by atoms with Gasteiger partial charge in [0, 0.05) is 5.54 Å². The van der Waals surface area contributed by atoms with Crippen LogP contribution >= 0.6 is 12.2 Å². The van der Waals surface area contributed by atoms with Crippen molar-refractivity contribution in [3.8, 4) is 0 Å². The Morgan fingerprint density at radius 3 is 2.30 bits per heavy atom. The van der Waals surface area contributed by atoms with Crippen molar-refractivity contribution in [2.45, 2.75) is 44.1 Å². The monoisotopic (exact) mass is 296 g/mol. The number of halogens is 2. The molecule has 0 unspecified atom stereocenters. The van der Waals surface area contributed by atoms with E-state index in [9.17, 15) is 8.78 Å². The van der Waals surface area contributed by atoms with Crippen molar-refractivity contribution in [2.24, 2.45) is 5.92 Å². The van der Waals surface area contributed by atoms with Gasteiger partial charge in [0.1, 0.15) is 17.3 Å². The van der Waals surface area contributed by atoms with Crippen molar-refractivity contribution in [1.29, 1.82) is 0 Å². The highest BCUT2D eigenvalue weighted by atomic mass is 32.1. The highest BCUT2D eigenvalue weighted by molar-refractivity contribution is 7.80. The molecular formula is C15H18F2N2S. The standard InChI is InChI=1S/C15H18F2N2S/c16-11-4-3-5-12(17)13(11)18-14(20)19-15(10-6-7-10)8-1-2-9-15/h3-5,10H,1-2,6-9H2,(H2,18,19,20). The summed E-state index contributed by atoms with van der Waals surface area (Å²) in [6, 6.07) is 3.79. The van der Waals surface area contributed by atoms with Crippen LogP contribution < -0.4 is 10.6 Å². The maximum Gasteiger partial charge on any atom is 0.171 e.